The van der Waals surface area contributed by atoms with E-state index in [0.29, 0.717) is 36.6 Å². The first-order valence-corrected chi connectivity index (χ1v) is 9.12. The number of benzene rings is 1. The number of carbonyl (C=O) groups excluding carboxylic acids is 1. The second kappa shape index (κ2) is 13.6. The molecule has 2 N–H and O–H groups in total. The molecule has 1 saturated heterocycles. The summed E-state index contributed by atoms with van der Waals surface area (Å²) in [7, 11) is 0. The number of nitrogens with two attached hydrogens (primary N) is 1. The molecular weight excluding hydrogens is 400 g/mol. The third-order valence-corrected chi connectivity index (χ3v) is 4.87. The van der Waals surface area contributed by atoms with Crippen LogP contribution in [0.5, 0.6) is 0 Å². The molecule has 1 heterocycles. The zero-order valence-corrected chi connectivity index (χ0v) is 17.4. The minimum Gasteiger partial charge on any atom is -0.340 e. The molecule has 0 unspecified atom stereocenters. The van der Waals surface area contributed by atoms with Crippen molar-refractivity contribution < 1.29 is 9.18 Å². The summed E-state index contributed by atoms with van der Waals surface area (Å²) >= 11 is 6.08. The monoisotopic (exact) mass is 427 g/mol. The molecule has 4 nitrogen and oxygen atoms in total. The predicted octanol–water partition coefficient (Wildman–Crippen LogP) is 3.88. The van der Waals surface area contributed by atoms with Crippen LogP contribution in [-0.2, 0) is 11.3 Å². The second-order valence-corrected chi connectivity index (χ2v) is 6.72. The van der Waals surface area contributed by atoms with Gasteiger partial charge in [-0.2, -0.15) is 0 Å². The Hall–Kier alpha value is -0.590. The number of piperazine rings is 1. The zero-order valence-electron chi connectivity index (χ0n) is 15.0. The van der Waals surface area contributed by atoms with Crippen LogP contribution in [-0.4, -0.2) is 48.4 Å². The van der Waals surface area contributed by atoms with Gasteiger partial charge in [0.05, 0.1) is 0 Å². The first-order chi connectivity index (χ1) is 11.6. The van der Waals surface area contributed by atoms with Gasteiger partial charge in [-0.1, -0.05) is 30.5 Å². The van der Waals surface area contributed by atoms with Gasteiger partial charge < -0.3 is 10.6 Å². The Morgan fingerprint density at radius 1 is 1.08 bits per heavy atom. The van der Waals surface area contributed by atoms with E-state index in [1.165, 1.54) is 6.07 Å². The fourth-order valence-electron chi connectivity index (χ4n) is 2.99. The fourth-order valence-corrected chi connectivity index (χ4v) is 3.22. The highest BCUT2D eigenvalue weighted by molar-refractivity contribution is 6.31. The number of halogens is 4. The molecule has 1 aliphatic heterocycles. The molecule has 2 rings (SSSR count). The van der Waals surface area contributed by atoms with E-state index in [2.05, 4.69) is 4.90 Å². The van der Waals surface area contributed by atoms with Gasteiger partial charge in [-0.15, -0.1) is 24.8 Å². The Balaban J connectivity index is 0.00000312. The Kier molecular flexibility index (Phi) is 13.3. The van der Waals surface area contributed by atoms with Crippen molar-refractivity contribution in [3.63, 3.8) is 0 Å². The molecule has 0 saturated carbocycles. The van der Waals surface area contributed by atoms with Gasteiger partial charge >= 0.3 is 0 Å². The average molecular weight is 429 g/mol. The molecule has 0 atom stereocenters. The molecule has 150 valence electrons. The smallest absolute Gasteiger partial charge is 0.222 e. The Labute approximate surface area is 173 Å². The van der Waals surface area contributed by atoms with Crippen molar-refractivity contribution in [3.05, 3.63) is 34.6 Å². The van der Waals surface area contributed by atoms with Gasteiger partial charge in [0.25, 0.3) is 0 Å². The Morgan fingerprint density at radius 3 is 2.35 bits per heavy atom. The summed E-state index contributed by atoms with van der Waals surface area (Å²) < 4.78 is 13.9. The van der Waals surface area contributed by atoms with E-state index in [1.54, 1.807) is 12.1 Å². The number of unbranched alkanes of at least 4 members (excludes halogenated alkanes) is 3. The minimum absolute atomic E-state index is 0. The molecule has 0 spiro atoms. The van der Waals surface area contributed by atoms with Crippen molar-refractivity contribution >= 4 is 42.3 Å². The lowest BCUT2D eigenvalue weighted by molar-refractivity contribution is -0.133. The minimum atomic E-state index is -0.265. The molecule has 1 aromatic rings. The van der Waals surface area contributed by atoms with E-state index in [1.807, 2.05) is 4.90 Å². The van der Waals surface area contributed by atoms with Gasteiger partial charge in [-0.25, -0.2) is 4.39 Å². The van der Waals surface area contributed by atoms with Crippen molar-refractivity contribution in [3.8, 4) is 0 Å². The number of nitrogens with zero attached hydrogens (tertiary/aromatic N) is 2. The quantitative estimate of drug-likeness (QED) is 0.639. The van der Waals surface area contributed by atoms with Gasteiger partial charge in [-0.05, 0) is 31.5 Å². The molecule has 0 aromatic heterocycles. The highest BCUT2D eigenvalue weighted by atomic mass is 35.5. The summed E-state index contributed by atoms with van der Waals surface area (Å²) in [6, 6.07) is 4.77. The van der Waals surface area contributed by atoms with Crippen molar-refractivity contribution in [1.82, 2.24) is 9.80 Å². The van der Waals surface area contributed by atoms with Crippen LogP contribution in [0.3, 0.4) is 0 Å². The number of hydrogen-bond acceptors (Lipinski definition) is 3. The SMILES string of the molecule is Cl.Cl.NCCCCCCC(=O)N1CCN(Cc2c(F)cccc2Cl)CC1. The van der Waals surface area contributed by atoms with Gasteiger partial charge in [-0.3, -0.25) is 9.69 Å². The van der Waals surface area contributed by atoms with E-state index >= 15 is 0 Å². The van der Waals surface area contributed by atoms with E-state index < -0.39 is 0 Å². The summed E-state index contributed by atoms with van der Waals surface area (Å²) in [5.41, 5.74) is 6.00. The van der Waals surface area contributed by atoms with Crippen LogP contribution in [0.25, 0.3) is 0 Å². The lowest BCUT2D eigenvalue weighted by Gasteiger charge is -2.35. The summed E-state index contributed by atoms with van der Waals surface area (Å²) in [4.78, 5) is 16.3. The Bertz CT molecular complexity index is 520. The molecule has 0 aliphatic carbocycles. The predicted molar refractivity (Wildman–Crippen MR) is 110 cm³/mol. The summed E-state index contributed by atoms with van der Waals surface area (Å²) in [6.07, 6.45) is 4.74. The molecule has 8 heteroatoms. The molecular formula is C18H29Cl3FN3O. The molecule has 1 aliphatic rings. The fraction of sp³-hybridized carbons (Fsp3) is 0.611. The van der Waals surface area contributed by atoms with Crippen molar-refractivity contribution in [1.29, 1.82) is 0 Å². The number of rotatable bonds is 8. The molecule has 1 amide bonds. The van der Waals surface area contributed by atoms with Crippen LogP contribution in [0.1, 0.15) is 37.7 Å². The molecule has 1 aromatic carbocycles. The standard InChI is InChI=1S/C18H27ClFN3O.2ClH/c19-16-6-5-7-17(20)15(16)14-22-10-12-23(13-11-22)18(24)8-3-1-2-4-9-21;;/h5-7H,1-4,8-14,21H2;2*1H. The normalized spacial score (nSPS) is 14.5. The van der Waals surface area contributed by atoms with Crippen LogP contribution in [0.15, 0.2) is 18.2 Å². The highest BCUT2D eigenvalue weighted by Crippen LogP contribution is 2.21. The van der Waals surface area contributed by atoms with Gasteiger partial charge in [0, 0.05) is 49.7 Å². The zero-order chi connectivity index (χ0) is 17.4. The topological polar surface area (TPSA) is 49.6 Å². The highest BCUT2D eigenvalue weighted by Gasteiger charge is 2.22. The number of hydrogen-bond donors (Lipinski definition) is 1. The largest absolute Gasteiger partial charge is 0.340 e. The maximum Gasteiger partial charge on any atom is 0.222 e. The Morgan fingerprint density at radius 2 is 1.73 bits per heavy atom. The lowest BCUT2D eigenvalue weighted by atomic mass is 10.1. The molecule has 0 bridgehead atoms. The summed E-state index contributed by atoms with van der Waals surface area (Å²) in [5.74, 6) is -0.0372. The van der Waals surface area contributed by atoms with E-state index in [0.717, 1.165) is 45.3 Å². The van der Waals surface area contributed by atoms with Gasteiger partial charge in [0.1, 0.15) is 5.82 Å². The molecule has 26 heavy (non-hydrogen) atoms. The van der Waals surface area contributed by atoms with Crippen LogP contribution >= 0.6 is 36.4 Å². The van der Waals surface area contributed by atoms with Crippen LogP contribution in [0.2, 0.25) is 5.02 Å². The maximum atomic E-state index is 13.9. The van der Waals surface area contributed by atoms with Crippen LogP contribution < -0.4 is 5.73 Å². The number of amides is 1. The second-order valence-electron chi connectivity index (χ2n) is 6.31. The van der Waals surface area contributed by atoms with Crippen molar-refractivity contribution in [2.24, 2.45) is 5.73 Å². The lowest BCUT2D eigenvalue weighted by Crippen LogP contribution is -2.48. The van der Waals surface area contributed by atoms with E-state index in [9.17, 15) is 9.18 Å². The van der Waals surface area contributed by atoms with E-state index in [-0.39, 0.29) is 36.5 Å². The molecule has 1 fully saturated rings. The van der Waals surface area contributed by atoms with Gasteiger partial charge in [0.15, 0.2) is 0 Å². The first kappa shape index (κ1) is 25.4. The van der Waals surface area contributed by atoms with E-state index in [4.69, 9.17) is 17.3 Å². The summed E-state index contributed by atoms with van der Waals surface area (Å²) in [5, 5.41) is 0.464. The van der Waals surface area contributed by atoms with Crippen LogP contribution in [0, 0.1) is 5.82 Å². The third kappa shape index (κ3) is 7.97. The van der Waals surface area contributed by atoms with Crippen molar-refractivity contribution in [2.75, 3.05) is 32.7 Å². The first-order valence-electron chi connectivity index (χ1n) is 8.75. The van der Waals surface area contributed by atoms with Crippen molar-refractivity contribution in [2.45, 2.75) is 38.6 Å². The maximum absolute atomic E-state index is 13.9. The number of carbonyl (C=O) groups is 1. The molecule has 0 radical (unpaired) electrons. The van der Waals surface area contributed by atoms with Gasteiger partial charge in [0.2, 0.25) is 5.91 Å². The van der Waals surface area contributed by atoms with Crippen LogP contribution in [0.4, 0.5) is 4.39 Å². The third-order valence-electron chi connectivity index (χ3n) is 4.51. The average Bonchev–Trinajstić information content (AvgIpc) is 2.58. The summed E-state index contributed by atoms with van der Waals surface area (Å²) in [6.45, 7) is 4.13.